The van der Waals surface area contributed by atoms with E-state index in [1.54, 1.807) is 42.1 Å². The zero-order valence-corrected chi connectivity index (χ0v) is 32.2. The van der Waals surface area contributed by atoms with Crippen molar-refractivity contribution in [1.29, 1.82) is 0 Å². The van der Waals surface area contributed by atoms with Gasteiger partial charge in [-0.2, -0.15) is 13.2 Å². The number of urea groups is 1. The molecule has 3 aliphatic heterocycles. The Morgan fingerprint density at radius 2 is 1.61 bits per heavy atom. The molecule has 1 saturated heterocycles. The van der Waals surface area contributed by atoms with Crippen LogP contribution in [0.2, 0.25) is 0 Å². The summed E-state index contributed by atoms with van der Waals surface area (Å²) in [7, 11) is -1.31. The number of nitrogens with zero attached hydrogens (tertiary/aromatic N) is 5. The van der Waals surface area contributed by atoms with Crippen LogP contribution in [0.4, 0.5) is 29.3 Å². The molecule has 0 radical (unpaired) electrons. The van der Waals surface area contributed by atoms with E-state index in [1.165, 1.54) is 18.4 Å². The molecule has 2 aromatic carbocycles. The minimum atomic E-state index is -5.08. The fourth-order valence-electron chi connectivity index (χ4n) is 7.40. The van der Waals surface area contributed by atoms with Gasteiger partial charge in [0.25, 0.3) is 0 Å². The van der Waals surface area contributed by atoms with Crippen molar-refractivity contribution in [3.05, 3.63) is 83.1 Å². The van der Waals surface area contributed by atoms with Crippen molar-refractivity contribution in [2.24, 2.45) is 0 Å². The van der Waals surface area contributed by atoms with Gasteiger partial charge in [0.1, 0.15) is 15.5 Å². The van der Waals surface area contributed by atoms with E-state index in [0.717, 1.165) is 58.5 Å². The molecule has 57 heavy (non-hydrogen) atoms. The second kappa shape index (κ2) is 16.0. The topological polar surface area (TPSA) is 185 Å². The molecule has 0 saturated carbocycles. The molecule has 1 fully saturated rings. The van der Waals surface area contributed by atoms with Crippen molar-refractivity contribution in [2.75, 3.05) is 49.3 Å². The number of halogens is 3. The SMILES string of the molecule is CC(=O)N1CC=C(c2c(-c3ccc(CN4CCC(S(C)(=O)=O)CC4)cc3)[nH]c3ncc4c(c23)CN(c2ccc(C(=O)O)cc2)C(=O)N4C)CC1.O=C(O)C(F)(F)F. The normalized spacial score (nSPS) is 16.8. The van der Waals surface area contributed by atoms with Crippen LogP contribution in [-0.4, -0.2) is 113 Å². The molecule has 4 aromatic rings. The fraction of sp³-hybridized carbons (Fsp3) is 0.359. The van der Waals surface area contributed by atoms with Crippen LogP contribution in [0.3, 0.4) is 0 Å². The Hall–Kier alpha value is -5.75. The number of carboxylic acid groups (broad SMARTS) is 2. The lowest BCUT2D eigenvalue weighted by Crippen LogP contribution is -2.45. The number of pyridine rings is 1. The van der Waals surface area contributed by atoms with E-state index in [1.807, 2.05) is 4.90 Å². The van der Waals surface area contributed by atoms with Gasteiger partial charge in [0.15, 0.2) is 0 Å². The number of nitrogens with one attached hydrogen (secondary N) is 1. The molecule has 18 heteroatoms. The van der Waals surface area contributed by atoms with E-state index >= 15 is 0 Å². The van der Waals surface area contributed by atoms with E-state index in [-0.39, 0.29) is 29.3 Å². The Balaban J connectivity index is 0.000000719. The number of aromatic amines is 1. The molecule has 0 bridgehead atoms. The maximum Gasteiger partial charge on any atom is 0.490 e. The van der Waals surface area contributed by atoms with E-state index in [9.17, 15) is 41.1 Å². The Morgan fingerprint density at radius 1 is 0.982 bits per heavy atom. The van der Waals surface area contributed by atoms with Crippen molar-refractivity contribution >= 4 is 61.7 Å². The Morgan fingerprint density at radius 3 is 2.14 bits per heavy atom. The molecular formula is C39H41F3N6O8S. The first-order chi connectivity index (χ1) is 26.8. The minimum absolute atomic E-state index is 0.0272. The van der Waals surface area contributed by atoms with E-state index in [2.05, 4.69) is 40.2 Å². The van der Waals surface area contributed by atoms with Gasteiger partial charge in [-0.3, -0.25) is 19.5 Å². The third-order valence-corrected chi connectivity index (χ3v) is 12.2. The number of benzene rings is 2. The number of aliphatic carboxylic acids is 1. The third-order valence-electron chi connectivity index (χ3n) is 10.5. The number of sulfone groups is 1. The van der Waals surface area contributed by atoms with E-state index in [0.29, 0.717) is 49.4 Å². The summed E-state index contributed by atoms with van der Waals surface area (Å²) in [6.07, 6.45) is 2.01. The van der Waals surface area contributed by atoms with Crippen LogP contribution in [-0.2, 0) is 32.5 Å². The molecule has 7 rings (SSSR count). The molecule has 5 heterocycles. The average molecular weight is 811 g/mol. The first kappa shape index (κ1) is 40.9. The smallest absolute Gasteiger partial charge is 0.478 e. The number of fused-ring (bicyclic) bond motifs is 3. The number of anilines is 2. The summed E-state index contributed by atoms with van der Waals surface area (Å²) in [6.45, 7) is 5.14. The van der Waals surface area contributed by atoms with Gasteiger partial charge in [-0.1, -0.05) is 30.3 Å². The number of H-pyrrole nitrogens is 1. The molecule has 0 aliphatic carbocycles. The Kier molecular flexibility index (Phi) is 11.5. The number of hydrogen-bond acceptors (Lipinski definition) is 8. The van der Waals surface area contributed by atoms with E-state index in [4.69, 9.17) is 14.9 Å². The lowest BCUT2D eigenvalue weighted by atomic mass is 9.91. The van der Waals surface area contributed by atoms with Gasteiger partial charge >= 0.3 is 24.1 Å². The van der Waals surface area contributed by atoms with Crippen LogP contribution in [0.15, 0.2) is 60.8 Å². The summed E-state index contributed by atoms with van der Waals surface area (Å²) in [5.74, 6) is -3.76. The third kappa shape index (κ3) is 8.81. The number of carbonyl (C=O) groups is 4. The molecule has 2 aromatic heterocycles. The van der Waals surface area contributed by atoms with Crippen molar-refractivity contribution < 1.29 is 51.0 Å². The molecule has 0 unspecified atom stereocenters. The number of alkyl halides is 3. The summed E-state index contributed by atoms with van der Waals surface area (Å²) in [6, 6.07) is 14.5. The molecule has 0 spiro atoms. The van der Waals surface area contributed by atoms with Gasteiger partial charge in [0.2, 0.25) is 5.91 Å². The highest BCUT2D eigenvalue weighted by molar-refractivity contribution is 7.91. The van der Waals surface area contributed by atoms with Crippen molar-refractivity contribution in [3.63, 3.8) is 0 Å². The lowest BCUT2D eigenvalue weighted by Gasteiger charge is -2.35. The summed E-state index contributed by atoms with van der Waals surface area (Å²) >= 11 is 0. The highest BCUT2D eigenvalue weighted by Crippen LogP contribution is 2.43. The number of likely N-dealkylation sites (tertiary alicyclic amines) is 1. The standard InChI is InChI=1S/C37H40N6O6S.C2HF3O2/c1-23(44)42-18-12-25(13-19-42)32-33-30-22-43(28-10-8-27(9-11-28)36(45)46)37(47)40(2)31(30)20-38-35(33)39-34(32)26-6-4-24(5-7-26)21-41-16-14-29(15-17-41)50(3,48)49;3-2(4,5)1(6)7/h4-12,20,29H,13-19,21-22H2,1-3H3,(H,38,39)(H,45,46);(H,6,7). The predicted molar refractivity (Wildman–Crippen MR) is 207 cm³/mol. The monoisotopic (exact) mass is 810 g/mol. The highest BCUT2D eigenvalue weighted by atomic mass is 32.2. The summed E-state index contributed by atoms with van der Waals surface area (Å²) < 4.78 is 55.8. The van der Waals surface area contributed by atoms with Gasteiger partial charge < -0.3 is 20.1 Å². The average Bonchev–Trinajstić information content (AvgIpc) is 3.56. The number of piperidine rings is 1. The first-order valence-corrected chi connectivity index (χ1v) is 20.0. The van der Waals surface area contributed by atoms with Gasteiger partial charge in [-0.15, -0.1) is 0 Å². The van der Waals surface area contributed by atoms with Gasteiger partial charge in [-0.25, -0.2) is 27.8 Å². The Bertz CT molecular complexity index is 2350. The van der Waals surface area contributed by atoms with E-state index < -0.39 is 28.0 Å². The summed E-state index contributed by atoms with van der Waals surface area (Å²) in [5, 5.41) is 17.2. The van der Waals surface area contributed by atoms with Crippen LogP contribution in [0.5, 0.6) is 0 Å². The van der Waals surface area contributed by atoms with Crippen LogP contribution >= 0.6 is 0 Å². The maximum atomic E-state index is 13.6. The highest BCUT2D eigenvalue weighted by Gasteiger charge is 2.38. The molecular weight excluding hydrogens is 770 g/mol. The van der Waals surface area contributed by atoms with Crippen LogP contribution < -0.4 is 9.80 Å². The molecule has 302 valence electrons. The number of rotatable bonds is 7. The summed E-state index contributed by atoms with van der Waals surface area (Å²) in [5.41, 5.74) is 8.13. The van der Waals surface area contributed by atoms with Crippen LogP contribution in [0.1, 0.15) is 53.2 Å². The molecule has 0 atom stereocenters. The number of carbonyl (C=O) groups excluding carboxylic acids is 2. The Labute approximate surface area is 326 Å². The lowest BCUT2D eigenvalue weighted by molar-refractivity contribution is -0.192. The van der Waals surface area contributed by atoms with Crippen molar-refractivity contribution in [1.82, 2.24) is 19.8 Å². The zero-order chi connectivity index (χ0) is 41.4. The van der Waals surface area contributed by atoms with Crippen LogP contribution in [0, 0.1) is 0 Å². The second-order valence-electron chi connectivity index (χ2n) is 14.2. The molecule has 3 N–H and O–H groups in total. The number of amides is 3. The maximum absolute atomic E-state index is 13.6. The number of carboxylic acids is 2. The zero-order valence-electron chi connectivity index (χ0n) is 31.3. The van der Waals surface area contributed by atoms with Crippen LogP contribution in [0.25, 0.3) is 27.9 Å². The van der Waals surface area contributed by atoms with Gasteiger partial charge in [0.05, 0.1) is 34.9 Å². The number of hydrogen-bond donors (Lipinski definition) is 3. The largest absolute Gasteiger partial charge is 0.490 e. The molecule has 3 amide bonds. The predicted octanol–water partition coefficient (Wildman–Crippen LogP) is 5.78. The molecule has 3 aliphatic rings. The van der Waals surface area contributed by atoms with Gasteiger partial charge in [-0.05, 0) is 73.3 Å². The number of aromatic nitrogens is 2. The first-order valence-electron chi connectivity index (χ1n) is 18.0. The van der Waals surface area contributed by atoms with Crippen molar-refractivity contribution in [2.45, 2.75) is 50.7 Å². The van der Waals surface area contributed by atoms with Gasteiger partial charge in [0, 0.05) is 62.1 Å². The minimum Gasteiger partial charge on any atom is -0.478 e. The second-order valence-corrected chi connectivity index (χ2v) is 16.6. The quantitative estimate of drug-likeness (QED) is 0.207. The van der Waals surface area contributed by atoms with Crippen molar-refractivity contribution in [3.8, 4) is 11.3 Å². The summed E-state index contributed by atoms with van der Waals surface area (Å²) in [4.78, 5) is 61.9. The fourth-order valence-corrected chi connectivity index (χ4v) is 8.47. The number of aromatic carboxylic acids is 1. The molecule has 14 nitrogen and oxygen atoms in total.